The van der Waals surface area contributed by atoms with Crippen LogP contribution in [0.4, 0.5) is 0 Å². The van der Waals surface area contributed by atoms with E-state index in [-0.39, 0.29) is 41.0 Å². The summed E-state index contributed by atoms with van der Waals surface area (Å²) < 4.78 is 6.31. The van der Waals surface area contributed by atoms with Crippen LogP contribution >= 0.6 is 0 Å². The van der Waals surface area contributed by atoms with E-state index in [1.165, 1.54) is 0 Å². The SMILES string of the molecule is Cc1ccc(C2C3=C(CC(C)(C)CC3=O)OC23C(=O)CC(C)(C)CC3=O)cc1C. The van der Waals surface area contributed by atoms with Gasteiger partial charge in [0, 0.05) is 31.3 Å². The smallest absolute Gasteiger partial charge is 0.234 e. The van der Waals surface area contributed by atoms with Crippen molar-refractivity contribution < 1.29 is 19.1 Å². The van der Waals surface area contributed by atoms with E-state index in [0.717, 1.165) is 16.7 Å². The van der Waals surface area contributed by atoms with Crippen LogP contribution in [-0.2, 0) is 19.1 Å². The molecule has 1 aliphatic heterocycles. The Morgan fingerprint density at radius 1 is 0.828 bits per heavy atom. The summed E-state index contributed by atoms with van der Waals surface area (Å²) >= 11 is 0. The van der Waals surface area contributed by atoms with E-state index in [2.05, 4.69) is 0 Å². The third-order valence-electron chi connectivity index (χ3n) is 6.83. The van der Waals surface area contributed by atoms with Gasteiger partial charge in [-0.2, -0.15) is 0 Å². The van der Waals surface area contributed by atoms with Crippen molar-refractivity contribution in [1.29, 1.82) is 0 Å². The zero-order valence-corrected chi connectivity index (χ0v) is 18.3. The van der Waals surface area contributed by atoms with Gasteiger partial charge in [0.2, 0.25) is 5.60 Å². The molecule has 4 heteroatoms. The number of hydrogen-bond acceptors (Lipinski definition) is 4. The number of hydrogen-bond donors (Lipinski definition) is 0. The van der Waals surface area contributed by atoms with Gasteiger partial charge in [-0.1, -0.05) is 45.9 Å². The molecule has 2 aliphatic carbocycles. The number of carbonyl (C=O) groups excluding carboxylic acids is 3. The quantitative estimate of drug-likeness (QED) is 0.645. The maximum absolute atomic E-state index is 13.5. The second-order valence-corrected chi connectivity index (χ2v) is 10.8. The van der Waals surface area contributed by atoms with Crippen LogP contribution in [0.2, 0.25) is 0 Å². The van der Waals surface area contributed by atoms with E-state index < -0.39 is 11.5 Å². The molecule has 1 aromatic rings. The molecule has 1 aromatic carbocycles. The highest BCUT2D eigenvalue weighted by Gasteiger charge is 2.65. The molecule has 3 aliphatic rings. The van der Waals surface area contributed by atoms with Gasteiger partial charge in [0.05, 0.1) is 5.92 Å². The van der Waals surface area contributed by atoms with Gasteiger partial charge in [-0.25, -0.2) is 0 Å². The summed E-state index contributed by atoms with van der Waals surface area (Å²) in [5.74, 6) is -0.474. The van der Waals surface area contributed by atoms with Crippen LogP contribution < -0.4 is 0 Å². The molecular formula is C25H30O4. The van der Waals surface area contributed by atoms with Gasteiger partial charge < -0.3 is 4.74 Å². The van der Waals surface area contributed by atoms with Gasteiger partial charge >= 0.3 is 0 Å². The predicted molar refractivity (Wildman–Crippen MR) is 111 cm³/mol. The first-order valence-corrected chi connectivity index (χ1v) is 10.5. The number of aryl methyl sites for hydroxylation is 2. The molecule has 1 fully saturated rings. The standard InChI is InChI=1S/C25H30O4/c1-14-7-8-16(9-15(14)2)22-21-17(26)10-23(3,4)11-18(21)29-25(22)19(27)12-24(5,6)13-20(25)28/h7-9,22H,10-13H2,1-6H3. The summed E-state index contributed by atoms with van der Waals surface area (Å²) in [6.07, 6.45) is 1.53. The van der Waals surface area contributed by atoms with Crippen LogP contribution in [-0.4, -0.2) is 23.0 Å². The molecule has 1 saturated carbocycles. The maximum Gasteiger partial charge on any atom is 0.234 e. The Kier molecular flexibility index (Phi) is 4.24. The Labute approximate surface area is 172 Å². The van der Waals surface area contributed by atoms with Gasteiger partial charge in [-0.15, -0.1) is 0 Å². The zero-order chi connectivity index (χ0) is 21.4. The fourth-order valence-electron chi connectivity index (χ4n) is 5.28. The van der Waals surface area contributed by atoms with E-state index in [0.29, 0.717) is 24.2 Å². The summed E-state index contributed by atoms with van der Waals surface area (Å²) in [5, 5.41) is 0. The number of rotatable bonds is 1. The van der Waals surface area contributed by atoms with E-state index in [4.69, 9.17) is 4.74 Å². The summed E-state index contributed by atoms with van der Waals surface area (Å²) in [7, 11) is 0. The van der Waals surface area contributed by atoms with Gasteiger partial charge in [-0.3, -0.25) is 14.4 Å². The van der Waals surface area contributed by atoms with E-state index in [1.807, 2.05) is 59.7 Å². The molecule has 1 atom stereocenters. The fourth-order valence-corrected chi connectivity index (χ4v) is 5.28. The molecule has 4 rings (SSSR count). The zero-order valence-electron chi connectivity index (χ0n) is 18.3. The van der Waals surface area contributed by atoms with Crippen molar-refractivity contribution >= 4 is 17.3 Å². The second kappa shape index (κ2) is 6.13. The van der Waals surface area contributed by atoms with E-state index in [9.17, 15) is 14.4 Å². The largest absolute Gasteiger partial charge is 0.474 e. The number of allylic oxidation sites excluding steroid dienone is 1. The van der Waals surface area contributed by atoms with Crippen molar-refractivity contribution in [2.75, 3.05) is 0 Å². The highest BCUT2D eigenvalue weighted by Crippen LogP contribution is 2.57. The average Bonchev–Trinajstić information content (AvgIpc) is 2.90. The normalized spacial score (nSPS) is 27.2. The molecule has 1 heterocycles. The number of Topliss-reactive ketones (excluding diaryl/α,β-unsaturated/α-hetero) is 3. The molecule has 0 amide bonds. The first-order chi connectivity index (χ1) is 13.4. The van der Waals surface area contributed by atoms with Crippen LogP contribution in [0.15, 0.2) is 29.5 Å². The third-order valence-corrected chi connectivity index (χ3v) is 6.83. The van der Waals surface area contributed by atoms with Crippen LogP contribution in [0.1, 0.15) is 76.0 Å². The summed E-state index contributed by atoms with van der Waals surface area (Å²) in [4.78, 5) is 40.2. The summed E-state index contributed by atoms with van der Waals surface area (Å²) in [6.45, 7) is 12.0. The molecule has 29 heavy (non-hydrogen) atoms. The lowest BCUT2D eigenvalue weighted by Crippen LogP contribution is -2.57. The maximum atomic E-state index is 13.5. The molecule has 4 nitrogen and oxygen atoms in total. The molecule has 0 aromatic heterocycles. The minimum atomic E-state index is -1.59. The van der Waals surface area contributed by atoms with Crippen molar-refractivity contribution in [1.82, 2.24) is 0 Å². The van der Waals surface area contributed by atoms with E-state index in [1.54, 1.807) is 0 Å². The lowest BCUT2D eigenvalue weighted by Gasteiger charge is -2.41. The topological polar surface area (TPSA) is 60.4 Å². The minimum Gasteiger partial charge on any atom is -0.474 e. The Morgan fingerprint density at radius 3 is 2.00 bits per heavy atom. The van der Waals surface area contributed by atoms with Gasteiger partial charge in [0.1, 0.15) is 5.76 Å². The van der Waals surface area contributed by atoms with Crippen LogP contribution in [0, 0.1) is 24.7 Å². The highest BCUT2D eigenvalue weighted by molar-refractivity contribution is 6.17. The number of benzene rings is 1. The summed E-state index contributed by atoms with van der Waals surface area (Å²) in [6, 6.07) is 5.95. The lowest BCUT2D eigenvalue weighted by atomic mass is 9.61. The van der Waals surface area contributed by atoms with Crippen molar-refractivity contribution in [3.8, 4) is 0 Å². The average molecular weight is 395 g/mol. The number of carbonyl (C=O) groups is 3. The molecule has 0 radical (unpaired) electrons. The van der Waals surface area contributed by atoms with Crippen molar-refractivity contribution in [2.45, 2.75) is 78.7 Å². The number of ether oxygens (including phenoxy) is 1. The van der Waals surface area contributed by atoms with Gasteiger partial charge in [0.15, 0.2) is 17.3 Å². The Bertz CT molecular complexity index is 957. The van der Waals surface area contributed by atoms with Crippen LogP contribution in [0.3, 0.4) is 0 Å². The molecule has 0 saturated heterocycles. The number of ketones is 3. The van der Waals surface area contributed by atoms with E-state index >= 15 is 0 Å². The predicted octanol–water partition coefficient (Wildman–Crippen LogP) is 4.76. The Hall–Kier alpha value is -2.23. The summed E-state index contributed by atoms with van der Waals surface area (Å²) in [5.41, 5.74) is 1.37. The molecule has 1 spiro atoms. The molecule has 0 N–H and O–H groups in total. The molecule has 1 unspecified atom stereocenters. The fraction of sp³-hybridized carbons (Fsp3) is 0.560. The van der Waals surface area contributed by atoms with Gasteiger partial charge in [0.25, 0.3) is 0 Å². The van der Waals surface area contributed by atoms with Gasteiger partial charge in [-0.05, 0) is 41.4 Å². The molecule has 0 bridgehead atoms. The second-order valence-electron chi connectivity index (χ2n) is 10.8. The monoisotopic (exact) mass is 394 g/mol. The lowest BCUT2D eigenvalue weighted by molar-refractivity contribution is -0.160. The first-order valence-electron chi connectivity index (χ1n) is 10.5. The van der Waals surface area contributed by atoms with Crippen molar-refractivity contribution in [2.24, 2.45) is 10.8 Å². The van der Waals surface area contributed by atoms with Crippen molar-refractivity contribution in [3.63, 3.8) is 0 Å². The van der Waals surface area contributed by atoms with Crippen molar-refractivity contribution in [3.05, 3.63) is 46.2 Å². The third kappa shape index (κ3) is 2.99. The first kappa shape index (κ1) is 20.1. The van der Waals surface area contributed by atoms with Crippen LogP contribution in [0.5, 0.6) is 0 Å². The molecule has 154 valence electrons. The molecular weight excluding hydrogens is 364 g/mol. The van der Waals surface area contributed by atoms with Crippen LogP contribution in [0.25, 0.3) is 0 Å². The Morgan fingerprint density at radius 2 is 1.41 bits per heavy atom. The highest BCUT2D eigenvalue weighted by atomic mass is 16.5. The minimum absolute atomic E-state index is 0.00165. The Balaban J connectivity index is 1.93.